The molecule has 3 rings (SSSR count). The van der Waals surface area contributed by atoms with E-state index in [-0.39, 0.29) is 12.2 Å². The first kappa shape index (κ1) is 10.9. The first-order valence-corrected chi connectivity index (χ1v) is 5.35. The Kier molecular flexibility index (Phi) is 1.90. The van der Waals surface area contributed by atoms with Crippen LogP contribution in [0.4, 0.5) is 13.2 Å². The average Bonchev–Trinajstić information content (AvgIpc) is 2.95. The molecule has 0 radical (unpaired) electrons. The number of alkyl halides is 3. The van der Waals surface area contributed by atoms with Crippen LogP contribution in [0, 0.1) is 0 Å². The molecule has 0 N–H and O–H groups in total. The van der Waals surface area contributed by atoms with Crippen LogP contribution in [0.2, 0.25) is 0 Å². The Hall–Kier alpha value is -1.23. The maximum Gasteiger partial charge on any atom is 0.416 e. The van der Waals surface area contributed by atoms with Crippen LogP contribution in [0.25, 0.3) is 0 Å². The van der Waals surface area contributed by atoms with Crippen LogP contribution in [-0.2, 0) is 10.9 Å². The lowest BCUT2D eigenvalue weighted by Gasteiger charge is -2.29. The molecule has 1 saturated heterocycles. The van der Waals surface area contributed by atoms with Gasteiger partial charge in [-0.25, -0.2) is 0 Å². The van der Waals surface area contributed by atoms with Crippen molar-refractivity contribution in [2.24, 2.45) is 0 Å². The molecule has 0 bridgehead atoms. The molecule has 0 aromatic heterocycles. The summed E-state index contributed by atoms with van der Waals surface area (Å²) >= 11 is 0. The van der Waals surface area contributed by atoms with E-state index in [1.165, 1.54) is 6.07 Å². The molecule has 2 nitrogen and oxygen atoms in total. The highest BCUT2D eigenvalue weighted by molar-refractivity contribution is 5.45. The third-order valence-electron chi connectivity index (χ3n) is 3.19. The Labute approximate surface area is 96.3 Å². The molecule has 1 aromatic carbocycles. The molecule has 2 aliphatic rings. The summed E-state index contributed by atoms with van der Waals surface area (Å²) < 4.78 is 48.8. The number of epoxide rings is 1. The van der Waals surface area contributed by atoms with Gasteiger partial charge in [-0.05, 0) is 32.0 Å². The highest BCUT2D eigenvalue weighted by atomic mass is 19.4. The van der Waals surface area contributed by atoms with E-state index in [0.717, 1.165) is 12.1 Å². The quantitative estimate of drug-likeness (QED) is 0.653. The van der Waals surface area contributed by atoms with Crippen LogP contribution in [0.1, 0.15) is 31.1 Å². The number of hydrogen-bond acceptors (Lipinski definition) is 2. The summed E-state index contributed by atoms with van der Waals surface area (Å²) in [7, 11) is 0. The van der Waals surface area contributed by atoms with E-state index in [1.807, 2.05) is 13.8 Å². The van der Waals surface area contributed by atoms with Gasteiger partial charge in [0, 0.05) is 5.56 Å². The summed E-state index contributed by atoms with van der Waals surface area (Å²) in [5, 5.41) is 0. The number of fused-ring (bicyclic) bond motifs is 3. The van der Waals surface area contributed by atoms with Crippen molar-refractivity contribution < 1.29 is 22.6 Å². The highest BCUT2D eigenvalue weighted by Crippen LogP contribution is 2.54. The number of ether oxygens (including phenoxy) is 2. The second-order valence-corrected chi connectivity index (χ2v) is 4.93. The molecule has 0 spiro atoms. The van der Waals surface area contributed by atoms with Crippen LogP contribution in [-0.4, -0.2) is 11.7 Å². The van der Waals surface area contributed by atoms with Crippen LogP contribution >= 0.6 is 0 Å². The predicted octanol–water partition coefficient (Wildman–Crippen LogP) is 3.32. The van der Waals surface area contributed by atoms with Gasteiger partial charge >= 0.3 is 6.18 Å². The Balaban J connectivity index is 2.04. The molecule has 0 unspecified atom stereocenters. The zero-order valence-electron chi connectivity index (χ0n) is 9.34. The van der Waals surface area contributed by atoms with Gasteiger partial charge in [0.2, 0.25) is 0 Å². The van der Waals surface area contributed by atoms with Crippen molar-refractivity contribution in [3.05, 3.63) is 29.3 Å². The number of hydrogen-bond donors (Lipinski definition) is 0. The van der Waals surface area contributed by atoms with Gasteiger partial charge in [0.15, 0.2) is 0 Å². The van der Waals surface area contributed by atoms with Crippen molar-refractivity contribution in [2.75, 3.05) is 0 Å². The average molecular weight is 244 g/mol. The fourth-order valence-electron chi connectivity index (χ4n) is 2.26. The summed E-state index contributed by atoms with van der Waals surface area (Å²) in [4.78, 5) is 0. The van der Waals surface area contributed by atoms with Crippen LogP contribution < -0.4 is 4.74 Å². The van der Waals surface area contributed by atoms with Crippen molar-refractivity contribution in [1.29, 1.82) is 0 Å². The van der Waals surface area contributed by atoms with E-state index in [9.17, 15) is 13.2 Å². The lowest BCUT2D eigenvalue weighted by atomic mass is 9.93. The van der Waals surface area contributed by atoms with E-state index in [2.05, 4.69) is 0 Å². The first-order valence-electron chi connectivity index (χ1n) is 5.35. The Morgan fingerprint density at radius 3 is 2.59 bits per heavy atom. The third kappa shape index (κ3) is 1.60. The number of benzene rings is 1. The summed E-state index contributed by atoms with van der Waals surface area (Å²) in [5.41, 5.74) is -0.629. The lowest BCUT2D eigenvalue weighted by molar-refractivity contribution is -0.137. The van der Waals surface area contributed by atoms with Gasteiger partial charge < -0.3 is 9.47 Å². The largest absolute Gasteiger partial charge is 0.485 e. The molecule has 17 heavy (non-hydrogen) atoms. The SMILES string of the molecule is CC1(C)Oc2ccc(C(F)(F)F)cc2[C@H]2O[C@H]21. The molecule has 0 saturated carbocycles. The van der Waals surface area contributed by atoms with Crippen LogP contribution in [0.5, 0.6) is 5.75 Å². The second kappa shape index (κ2) is 2.96. The minimum Gasteiger partial charge on any atom is -0.485 e. The van der Waals surface area contributed by atoms with Gasteiger partial charge in [-0.3, -0.25) is 0 Å². The van der Waals surface area contributed by atoms with Crippen molar-refractivity contribution in [3.63, 3.8) is 0 Å². The number of halogens is 3. The maximum absolute atomic E-state index is 12.6. The standard InChI is InChI=1S/C12H11F3O2/c1-11(2)10-9(16-10)7-5-6(12(13,14)15)3-4-8(7)17-11/h3-5,9-10H,1-2H3/t9-,10-/m1/s1. The summed E-state index contributed by atoms with van der Waals surface area (Å²) in [5.74, 6) is 0.488. The molecule has 0 amide bonds. The van der Waals surface area contributed by atoms with Crippen LogP contribution in [0.15, 0.2) is 18.2 Å². The molecule has 1 aromatic rings. The van der Waals surface area contributed by atoms with E-state index in [0.29, 0.717) is 11.3 Å². The summed E-state index contributed by atoms with van der Waals surface area (Å²) in [6, 6.07) is 3.53. The Morgan fingerprint density at radius 2 is 1.94 bits per heavy atom. The monoisotopic (exact) mass is 244 g/mol. The van der Waals surface area contributed by atoms with E-state index in [1.54, 1.807) is 0 Å². The van der Waals surface area contributed by atoms with Gasteiger partial charge in [-0.2, -0.15) is 13.2 Å². The van der Waals surface area contributed by atoms with Crippen molar-refractivity contribution in [3.8, 4) is 5.75 Å². The van der Waals surface area contributed by atoms with Crippen LogP contribution in [0.3, 0.4) is 0 Å². The molecule has 5 heteroatoms. The molecule has 2 aliphatic heterocycles. The fraction of sp³-hybridized carbons (Fsp3) is 0.500. The van der Waals surface area contributed by atoms with Crippen molar-refractivity contribution in [2.45, 2.75) is 37.8 Å². The minimum absolute atomic E-state index is 0.140. The Bertz CT molecular complexity index is 479. The molecule has 92 valence electrons. The zero-order valence-corrected chi connectivity index (χ0v) is 9.34. The predicted molar refractivity (Wildman–Crippen MR) is 53.8 cm³/mol. The smallest absolute Gasteiger partial charge is 0.416 e. The van der Waals surface area contributed by atoms with Crippen molar-refractivity contribution >= 4 is 0 Å². The maximum atomic E-state index is 12.6. The summed E-state index contributed by atoms with van der Waals surface area (Å²) in [6.07, 6.45) is -4.72. The molecule has 1 fully saturated rings. The van der Waals surface area contributed by atoms with Gasteiger partial charge in [0.05, 0.1) is 5.56 Å². The van der Waals surface area contributed by atoms with Gasteiger partial charge in [-0.15, -0.1) is 0 Å². The Morgan fingerprint density at radius 1 is 1.24 bits per heavy atom. The highest BCUT2D eigenvalue weighted by Gasteiger charge is 2.57. The van der Waals surface area contributed by atoms with E-state index in [4.69, 9.17) is 9.47 Å². The van der Waals surface area contributed by atoms with Crippen molar-refractivity contribution in [1.82, 2.24) is 0 Å². The number of rotatable bonds is 0. The molecule has 0 aliphatic carbocycles. The molecular weight excluding hydrogens is 233 g/mol. The van der Waals surface area contributed by atoms with E-state index >= 15 is 0 Å². The second-order valence-electron chi connectivity index (χ2n) is 4.93. The topological polar surface area (TPSA) is 21.8 Å². The zero-order chi connectivity index (χ0) is 12.4. The molecule has 2 atom stereocenters. The minimum atomic E-state index is -4.33. The summed E-state index contributed by atoms with van der Waals surface area (Å²) in [6.45, 7) is 3.75. The lowest BCUT2D eigenvalue weighted by Crippen LogP contribution is -2.37. The van der Waals surface area contributed by atoms with Gasteiger partial charge in [-0.1, -0.05) is 0 Å². The third-order valence-corrected chi connectivity index (χ3v) is 3.19. The van der Waals surface area contributed by atoms with Gasteiger partial charge in [0.1, 0.15) is 23.6 Å². The van der Waals surface area contributed by atoms with Gasteiger partial charge in [0.25, 0.3) is 0 Å². The fourth-order valence-corrected chi connectivity index (χ4v) is 2.26. The molecular formula is C12H11F3O2. The first-order chi connectivity index (χ1) is 7.79. The normalized spacial score (nSPS) is 29.0. The van der Waals surface area contributed by atoms with E-state index < -0.39 is 17.3 Å². The molecule has 2 heterocycles.